The summed E-state index contributed by atoms with van der Waals surface area (Å²) in [6.07, 6.45) is 0. The van der Waals surface area contributed by atoms with Gasteiger partial charge in [-0.2, -0.15) is 0 Å². The zero-order chi connectivity index (χ0) is 20.8. The van der Waals surface area contributed by atoms with Gasteiger partial charge < -0.3 is 29.0 Å². The summed E-state index contributed by atoms with van der Waals surface area (Å²) in [5.74, 6) is 3.30. The number of benzene rings is 2. The van der Waals surface area contributed by atoms with E-state index in [9.17, 15) is 0 Å². The van der Waals surface area contributed by atoms with Crippen LogP contribution in [0.25, 0.3) is 0 Å². The maximum absolute atomic E-state index is 5.80. The number of ether oxygens (including phenoxy) is 5. The molecule has 0 aliphatic carbocycles. The van der Waals surface area contributed by atoms with Crippen molar-refractivity contribution in [3.8, 4) is 28.7 Å². The van der Waals surface area contributed by atoms with E-state index in [-0.39, 0.29) is 6.04 Å². The standard InChI is InChI=1S/C22H30N2O5/c1-25-17-8-6-15(14-19(17)27-3)20(24-12-10-23-11-13-24)16-7-9-18(26-2)22(29-5)21(16)28-4/h6-9,14,20,23H,10-13H2,1-5H3. The van der Waals surface area contributed by atoms with Crippen molar-refractivity contribution in [3.05, 3.63) is 41.5 Å². The van der Waals surface area contributed by atoms with Gasteiger partial charge in [-0.1, -0.05) is 6.07 Å². The van der Waals surface area contributed by atoms with Crippen LogP contribution in [0.5, 0.6) is 28.7 Å². The van der Waals surface area contributed by atoms with E-state index in [4.69, 9.17) is 23.7 Å². The monoisotopic (exact) mass is 402 g/mol. The van der Waals surface area contributed by atoms with E-state index in [1.54, 1.807) is 35.5 Å². The number of nitrogens with zero attached hydrogens (tertiary/aromatic N) is 1. The second-order valence-corrected chi connectivity index (χ2v) is 6.73. The summed E-state index contributed by atoms with van der Waals surface area (Å²) in [4.78, 5) is 2.43. The first-order chi connectivity index (χ1) is 14.2. The van der Waals surface area contributed by atoms with Gasteiger partial charge >= 0.3 is 0 Å². The van der Waals surface area contributed by atoms with Crippen molar-refractivity contribution in [1.29, 1.82) is 0 Å². The topological polar surface area (TPSA) is 61.4 Å². The summed E-state index contributed by atoms with van der Waals surface area (Å²) >= 11 is 0. The molecular weight excluding hydrogens is 372 g/mol. The van der Waals surface area contributed by atoms with Crippen LogP contribution in [-0.4, -0.2) is 66.6 Å². The number of hydrogen-bond acceptors (Lipinski definition) is 7. The fourth-order valence-corrected chi connectivity index (χ4v) is 3.89. The van der Waals surface area contributed by atoms with E-state index in [0.717, 1.165) is 37.3 Å². The van der Waals surface area contributed by atoms with Crippen LogP contribution < -0.4 is 29.0 Å². The molecule has 0 aromatic heterocycles. The van der Waals surface area contributed by atoms with Crippen LogP contribution in [0.4, 0.5) is 0 Å². The van der Waals surface area contributed by atoms with Crippen molar-refractivity contribution in [2.75, 3.05) is 61.7 Å². The van der Waals surface area contributed by atoms with E-state index in [1.165, 1.54) is 0 Å². The molecule has 1 saturated heterocycles. The van der Waals surface area contributed by atoms with Crippen molar-refractivity contribution < 1.29 is 23.7 Å². The second kappa shape index (κ2) is 9.71. The molecule has 0 radical (unpaired) electrons. The molecule has 1 aliphatic rings. The molecule has 2 aromatic carbocycles. The first kappa shape index (κ1) is 21.1. The predicted octanol–water partition coefficient (Wildman–Crippen LogP) is 2.72. The molecule has 1 fully saturated rings. The van der Waals surface area contributed by atoms with Gasteiger partial charge in [0.05, 0.1) is 41.6 Å². The van der Waals surface area contributed by atoms with Gasteiger partial charge in [-0.15, -0.1) is 0 Å². The van der Waals surface area contributed by atoms with Gasteiger partial charge in [-0.05, 0) is 29.8 Å². The highest BCUT2D eigenvalue weighted by Crippen LogP contribution is 2.46. The fraction of sp³-hybridized carbons (Fsp3) is 0.455. The Kier molecular flexibility index (Phi) is 7.06. The highest BCUT2D eigenvalue weighted by Gasteiger charge is 2.30. The Morgan fingerprint density at radius 2 is 1.34 bits per heavy atom. The maximum Gasteiger partial charge on any atom is 0.203 e. The van der Waals surface area contributed by atoms with E-state index < -0.39 is 0 Å². The average molecular weight is 402 g/mol. The van der Waals surface area contributed by atoms with Gasteiger partial charge in [0.15, 0.2) is 23.0 Å². The summed E-state index contributed by atoms with van der Waals surface area (Å²) in [6, 6.07) is 9.98. The molecule has 0 saturated carbocycles. The highest BCUT2D eigenvalue weighted by molar-refractivity contribution is 5.59. The molecule has 7 nitrogen and oxygen atoms in total. The zero-order valence-corrected chi connectivity index (χ0v) is 17.8. The Bertz CT molecular complexity index is 821. The molecule has 7 heteroatoms. The van der Waals surface area contributed by atoms with Crippen LogP contribution in [-0.2, 0) is 0 Å². The Morgan fingerprint density at radius 3 is 1.93 bits per heavy atom. The molecule has 1 unspecified atom stereocenters. The zero-order valence-electron chi connectivity index (χ0n) is 17.8. The van der Waals surface area contributed by atoms with Crippen molar-refractivity contribution in [2.24, 2.45) is 0 Å². The van der Waals surface area contributed by atoms with Crippen LogP contribution >= 0.6 is 0 Å². The lowest BCUT2D eigenvalue weighted by atomic mass is 9.94. The molecule has 0 bridgehead atoms. The third-order valence-corrected chi connectivity index (χ3v) is 5.27. The van der Waals surface area contributed by atoms with E-state index >= 15 is 0 Å². The van der Waals surface area contributed by atoms with Crippen molar-refractivity contribution in [1.82, 2.24) is 10.2 Å². The van der Waals surface area contributed by atoms with E-state index in [1.807, 2.05) is 24.3 Å². The van der Waals surface area contributed by atoms with Gasteiger partial charge in [0.1, 0.15) is 0 Å². The van der Waals surface area contributed by atoms with Crippen LogP contribution in [0.15, 0.2) is 30.3 Å². The minimum Gasteiger partial charge on any atom is -0.493 e. The van der Waals surface area contributed by atoms with Crippen LogP contribution in [0, 0.1) is 0 Å². The molecule has 1 heterocycles. The minimum absolute atomic E-state index is 0.0355. The number of nitrogens with one attached hydrogen (secondary N) is 1. The van der Waals surface area contributed by atoms with E-state index in [2.05, 4.69) is 16.3 Å². The van der Waals surface area contributed by atoms with Gasteiger partial charge in [0.2, 0.25) is 5.75 Å². The van der Waals surface area contributed by atoms with Gasteiger partial charge in [-0.25, -0.2) is 0 Å². The van der Waals surface area contributed by atoms with Crippen molar-refractivity contribution in [2.45, 2.75) is 6.04 Å². The predicted molar refractivity (Wildman–Crippen MR) is 112 cm³/mol. The Labute approximate surface area is 172 Å². The molecule has 29 heavy (non-hydrogen) atoms. The molecule has 1 N–H and O–H groups in total. The van der Waals surface area contributed by atoms with Crippen molar-refractivity contribution in [3.63, 3.8) is 0 Å². The Hall–Kier alpha value is -2.64. The van der Waals surface area contributed by atoms with Crippen LogP contribution in [0.2, 0.25) is 0 Å². The SMILES string of the molecule is COc1ccc(C(c2ccc(OC)c(OC)c2OC)N2CCNCC2)cc1OC. The molecule has 3 rings (SSSR count). The summed E-state index contributed by atoms with van der Waals surface area (Å²) in [6.45, 7) is 3.69. The number of methoxy groups -OCH3 is 5. The lowest BCUT2D eigenvalue weighted by molar-refractivity contribution is 0.194. The molecule has 0 amide bonds. The van der Waals surface area contributed by atoms with Crippen LogP contribution in [0.1, 0.15) is 17.2 Å². The second-order valence-electron chi connectivity index (χ2n) is 6.73. The number of piperazine rings is 1. The molecule has 0 spiro atoms. The molecule has 158 valence electrons. The lowest BCUT2D eigenvalue weighted by Crippen LogP contribution is -2.45. The first-order valence-corrected chi connectivity index (χ1v) is 9.64. The molecule has 1 atom stereocenters. The van der Waals surface area contributed by atoms with Crippen LogP contribution in [0.3, 0.4) is 0 Å². The van der Waals surface area contributed by atoms with Gasteiger partial charge in [-0.3, -0.25) is 4.90 Å². The normalized spacial score (nSPS) is 15.5. The Balaban J connectivity index is 2.17. The summed E-state index contributed by atoms with van der Waals surface area (Å²) < 4.78 is 27.9. The van der Waals surface area contributed by atoms with E-state index in [0.29, 0.717) is 28.7 Å². The number of rotatable bonds is 8. The smallest absolute Gasteiger partial charge is 0.203 e. The first-order valence-electron chi connectivity index (χ1n) is 9.64. The summed E-state index contributed by atoms with van der Waals surface area (Å²) in [5, 5.41) is 3.42. The molecule has 2 aromatic rings. The lowest BCUT2D eigenvalue weighted by Gasteiger charge is -2.36. The van der Waals surface area contributed by atoms with Gasteiger partial charge in [0, 0.05) is 31.7 Å². The number of hydrogen-bond donors (Lipinski definition) is 1. The van der Waals surface area contributed by atoms with Crippen molar-refractivity contribution >= 4 is 0 Å². The third kappa shape index (κ3) is 4.21. The average Bonchev–Trinajstić information content (AvgIpc) is 2.79. The third-order valence-electron chi connectivity index (χ3n) is 5.27. The fourth-order valence-electron chi connectivity index (χ4n) is 3.89. The van der Waals surface area contributed by atoms with Gasteiger partial charge in [0.25, 0.3) is 0 Å². The summed E-state index contributed by atoms with van der Waals surface area (Å²) in [7, 11) is 8.20. The molecular formula is C22H30N2O5. The summed E-state index contributed by atoms with van der Waals surface area (Å²) in [5.41, 5.74) is 2.11. The minimum atomic E-state index is -0.0355. The maximum atomic E-state index is 5.80. The molecule has 1 aliphatic heterocycles. The largest absolute Gasteiger partial charge is 0.493 e. The highest BCUT2D eigenvalue weighted by atomic mass is 16.5. The Morgan fingerprint density at radius 1 is 0.724 bits per heavy atom. The quantitative estimate of drug-likeness (QED) is 0.728.